The smallest absolute Gasteiger partial charge is 0.253 e. The van der Waals surface area contributed by atoms with Gasteiger partial charge < -0.3 is 10.2 Å². The Labute approximate surface area is 157 Å². The van der Waals surface area contributed by atoms with E-state index in [0.29, 0.717) is 5.56 Å². The van der Waals surface area contributed by atoms with Crippen molar-refractivity contribution in [1.29, 1.82) is 0 Å². The van der Waals surface area contributed by atoms with Crippen LogP contribution < -0.4 is 10.2 Å². The highest BCUT2D eigenvalue weighted by molar-refractivity contribution is 5.97. The molecule has 4 rings (SSSR count). The molecule has 7 heteroatoms. The Morgan fingerprint density at radius 2 is 2.04 bits per heavy atom. The van der Waals surface area contributed by atoms with Crippen LogP contribution in [0.25, 0.3) is 10.9 Å². The van der Waals surface area contributed by atoms with E-state index < -0.39 is 0 Å². The fraction of sp³-hybridized carbons (Fsp3) is 0.350. The highest BCUT2D eigenvalue weighted by Gasteiger charge is 2.22. The van der Waals surface area contributed by atoms with Crippen molar-refractivity contribution in [2.75, 3.05) is 18.0 Å². The summed E-state index contributed by atoms with van der Waals surface area (Å²) < 4.78 is 0. The number of fused-ring (bicyclic) bond motifs is 1. The average molecular weight is 362 g/mol. The predicted octanol–water partition coefficient (Wildman–Crippen LogP) is 2.38. The minimum atomic E-state index is -0.0741. The van der Waals surface area contributed by atoms with Gasteiger partial charge >= 0.3 is 0 Å². The minimum absolute atomic E-state index is 0.0741. The molecular formula is C20H22N6O. The van der Waals surface area contributed by atoms with E-state index in [0.717, 1.165) is 54.8 Å². The zero-order chi connectivity index (χ0) is 18.6. The first kappa shape index (κ1) is 17.3. The topological polar surface area (TPSA) is 83.9 Å². The largest absolute Gasteiger partial charge is 0.356 e. The van der Waals surface area contributed by atoms with Gasteiger partial charge in [0.2, 0.25) is 0 Å². The van der Waals surface area contributed by atoms with Crippen LogP contribution >= 0.6 is 0 Å². The third-order valence-electron chi connectivity index (χ3n) is 4.97. The van der Waals surface area contributed by atoms with Crippen LogP contribution in [0.4, 0.5) is 5.82 Å². The lowest BCUT2D eigenvalue weighted by molar-refractivity contribution is 0.0931. The fourth-order valence-corrected chi connectivity index (χ4v) is 3.37. The van der Waals surface area contributed by atoms with Gasteiger partial charge in [0, 0.05) is 48.7 Å². The number of anilines is 1. The first-order valence-electron chi connectivity index (χ1n) is 9.29. The first-order chi connectivity index (χ1) is 13.2. The second kappa shape index (κ2) is 7.65. The van der Waals surface area contributed by atoms with Gasteiger partial charge in [0.15, 0.2) is 0 Å². The van der Waals surface area contributed by atoms with Crippen molar-refractivity contribution in [3.63, 3.8) is 0 Å². The van der Waals surface area contributed by atoms with Crippen LogP contribution in [0, 0.1) is 0 Å². The molecule has 1 aliphatic heterocycles. The summed E-state index contributed by atoms with van der Waals surface area (Å²) in [6, 6.07) is 5.94. The third kappa shape index (κ3) is 3.86. The number of hydrogen-bond donors (Lipinski definition) is 1. The van der Waals surface area contributed by atoms with Crippen molar-refractivity contribution < 1.29 is 4.79 Å². The molecule has 0 saturated carbocycles. The van der Waals surface area contributed by atoms with E-state index in [-0.39, 0.29) is 11.9 Å². The summed E-state index contributed by atoms with van der Waals surface area (Å²) in [5.74, 6) is 0.897. The monoisotopic (exact) mass is 362 g/mol. The summed E-state index contributed by atoms with van der Waals surface area (Å²) in [5, 5.41) is 4.06. The zero-order valence-electron chi connectivity index (χ0n) is 15.3. The quantitative estimate of drug-likeness (QED) is 0.767. The lowest BCUT2D eigenvalue weighted by Crippen LogP contribution is -2.45. The van der Waals surface area contributed by atoms with Crippen LogP contribution in [0.5, 0.6) is 0 Å². The molecule has 3 aromatic heterocycles. The van der Waals surface area contributed by atoms with Crippen LogP contribution in [0.3, 0.4) is 0 Å². The van der Waals surface area contributed by atoms with E-state index >= 15 is 0 Å². The molecule has 0 aromatic carbocycles. The molecule has 1 aliphatic rings. The summed E-state index contributed by atoms with van der Waals surface area (Å²) in [7, 11) is 0. The second-order valence-corrected chi connectivity index (χ2v) is 6.75. The molecule has 0 bridgehead atoms. The van der Waals surface area contributed by atoms with Crippen molar-refractivity contribution in [2.24, 2.45) is 0 Å². The van der Waals surface area contributed by atoms with Crippen molar-refractivity contribution in [2.45, 2.75) is 32.2 Å². The number of rotatable bonds is 4. The Morgan fingerprint density at radius 3 is 2.85 bits per heavy atom. The Kier molecular flexibility index (Phi) is 4.91. The van der Waals surface area contributed by atoms with Crippen molar-refractivity contribution in [3.05, 3.63) is 54.4 Å². The Morgan fingerprint density at radius 1 is 1.19 bits per heavy atom. The van der Waals surface area contributed by atoms with Crippen LogP contribution in [-0.2, 0) is 6.42 Å². The van der Waals surface area contributed by atoms with E-state index in [4.69, 9.17) is 0 Å². The number of nitrogens with zero attached hydrogens (tertiary/aromatic N) is 5. The maximum Gasteiger partial charge on any atom is 0.253 e. The molecule has 27 heavy (non-hydrogen) atoms. The molecule has 7 nitrogen and oxygen atoms in total. The van der Waals surface area contributed by atoms with Crippen LogP contribution in [-0.4, -0.2) is 45.0 Å². The Hall–Kier alpha value is -3.09. The number of hydrogen-bond acceptors (Lipinski definition) is 6. The maximum atomic E-state index is 12.6. The summed E-state index contributed by atoms with van der Waals surface area (Å²) >= 11 is 0. The number of aryl methyl sites for hydroxylation is 1. The van der Waals surface area contributed by atoms with Gasteiger partial charge in [-0.1, -0.05) is 6.92 Å². The van der Waals surface area contributed by atoms with Gasteiger partial charge in [-0.05, 0) is 31.4 Å². The SMILES string of the molecule is CCc1cc(N2CCC(NC(=O)c3cnc4cnccc4c3)CC2)ncn1. The summed E-state index contributed by atoms with van der Waals surface area (Å²) in [6.07, 6.45) is 9.33. The molecular weight excluding hydrogens is 340 g/mol. The van der Waals surface area contributed by atoms with Gasteiger partial charge in [-0.2, -0.15) is 0 Å². The number of nitrogens with one attached hydrogen (secondary N) is 1. The fourth-order valence-electron chi connectivity index (χ4n) is 3.37. The van der Waals surface area contributed by atoms with Gasteiger partial charge in [-0.15, -0.1) is 0 Å². The summed E-state index contributed by atoms with van der Waals surface area (Å²) in [4.78, 5) is 31.9. The van der Waals surface area contributed by atoms with Gasteiger partial charge in [0.05, 0.1) is 17.3 Å². The van der Waals surface area contributed by atoms with E-state index in [9.17, 15) is 4.79 Å². The Balaban J connectivity index is 1.37. The molecule has 1 N–H and O–H groups in total. The molecule has 3 aromatic rings. The van der Waals surface area contributed by atoms with E-state index in [1.807, 2.05) is 12.1 Å². The normalized spacial score (nSPS) is 15.1. The van der Waals surface area contributed by atoms with Crippen molar-refractivity contribution in [1.82, 2.24) is 25.3 Å². The predicted molar refractivity (Wildman–Crippen MR) is 104 cm³/mol. The molecule has 0 spiro atoms. The van der Waals surface area contributed by atoms with Gasteiger partial charge in [-0.25, -0.2) is 9.97 Å². The highest BCUT2D eigenvalue weighted by Crippen LogP contribution is 2.19. The number of amides is 1. The maximum absolute atomic E-state index is 12.6. The average Bonchev–Trinajstić information content (AvgIpc) is 2.74. The third-order valence-corrected chi connectivity index (χ3v) is 4.97. The van der Waals surface area contributed by atoms with E-state index in [1.54, 1.807) is 24.9 Å². The highest BCUT2D eigenvalue weighted by atomic mass is 16.1. The van der Waals surface area contributed by atoms with Crippen molar-refractivity contribution in [3.8, 4) is 0 Å². The van der Waals surface area contributed by atoms with E-state index in [2.05, 4.69) is 43.1 Å². The molecule has 4 heterocycles. The molecule has 0 radical (unpaired) electrons. The van der Waals surface area contributed by atoms with Gasteiger partial charge in [0.1, 0.15) is 12.1 Å². The standard InChI is InChI=1S/C20H22N6O/c1-2-16-10-19(24-13-23-16)26-7-4-17(5-8-26)25-20(27)15-9-14-3-6-21-12-18(14)22-11-15/h3,6,9-13,17H,2,4-5,7-8H2,1H3,(H,25,27). The molecule has 0 atom stereocenters. The first-order valence-corrected chi connectivity index (χ1v) is 9.29. The minimum Gasteiger partial charge on any atom is -0.356 e. The zero-order valence-corrected chi connectivity index (χ0v) is 15.3. The summed E-state index contributed by atoms with van der Waals surface area (Å²) in [5.41, 5.74) is 2.42. The van der Waals surface area contributed by atoms with Crippen LogP contribution in [0.1, 0.15) is 35.8 Å². The number of pyridine rings is 2. The molecule has 0 aliphatic carbocycles. The van der Waals surface area contributed by atoms with E-state index in [1.165, 1.54) is 0 Å². The molecule has 1 saturated heterocycles. The van der Waals surface area contributed by atoms with Crippen LogP contribution in [0.15, 0.2) is 43.1 Å². The van der Waals surface area contributed by atoms with Crippen molar-refractivity contribution >= 4 is 22.6 Å². The van der Waals surface area contributed by atoms with Gasteiger partial charge in [0.25, 0.3) is 5.91 Å². The van der Waals surface area contributed by atoms with Crippen LogP contribution in [0.2, 0.25) is 0 Å². The lowest BCUT2D eigenvalue weighted by Gasteiger charge is -2.33. The summed E-state index contributed by atoms with van der Waals surface area (Å²) in [6.45, 7) is 3.82. The lowest BCUT2D eigenvalue weighted by atomic mass is 10.0. The number of aromatic nitrogens is 4. The number of piperidine rings is 1. The Bertz CT molecular complexity index is 952. The molecule has 138 valence electrons. The molecule has 1 amide bonds. The molecule has 0 unspecified atom stereocenters. The van der Waals surface area contributed by atoms with Gasteiger partial charge in [-0.3, -0.25) is 14.8 Å². The number of carbonyl (C=O) groups excluding carboxylic acids is 1. The second-order valence-electron chi connectivity index (χ2n) is 6.75. The number of carbonyl (C=O) groups is 1. The molecule has 1 fully saturated rings.